The highest BCUT2D eigenvalue weighted by Crippen LogP contribution is 2.21. The van der Waals surface area contributed by atoms with E-state index in [-0.39, 0.29) is 11.8 Å². The Hall–Kier alpha value is -2.31. The second-order valence-corrected chi connectivity index (χ2v) is 6.90. The third-order valence-corrected chi connectivity index (χ3v) is 4.95. The zero-order chi connectivity index (χ0) is 19.1. The van der Waals surface area contributed by atoms with E-state index in [1.807, 2.05) is 24.3 Å². The van der Waals surface area contributed by atoms with E-state index in [1.165, 1.54) is 6.07 Å². The largest absolute Gasteiger partial charge is 0.367 e. The third-order valence-electron chi connectivity index (χ3n) is 4.62. The molecule has 144 valence electrons. The van der Waals surface area contributed by atoms with Crippen LogP contribution < -0.4 is 15.5 Å². The van der Waals surface area contributed by atoms with Crippen LogP contribution in [-0.2, 0) is 0 Å². The van der Waals surface area contributed by atoms with Gasteiger partial charge in [-0.2, -0.15) is 0 Å². The van der Waals surface area contributed by atoms with Gasteiger partial charge in [-0.15, -0.1) is 0 Å². The second kappa shape index (κ2) is 9.58. The molecule has 0 saturated carbocycles. The van der Waals surface area contributed by atoms with Gasteiger partial charge in [0, 0.05) is 32.7 Å². The first-order valence-corrected chi connectivity index (χ1v) is 9.52. The van der Waals surface area contributed by atoms with Gasteiger partial charge in [0.15, 0.2) is 0 Å². The van der Waals surface area contributed by atoms with Crippen molar-refractivity contribution in [2.24, 2.45) is 0 Å². The van der Waals surface area contributed by atoms with Crippen LogP contribution in [0.5, 0.6) is 0 Å². The number of halogens is 2. The molecule has 1 aliphatic heterocycles. The fraction of sp³-hybridized carbons (Fsp3) is 0.350. The van der Waals surface area contributed by atoms with E-state index in [9.17, 15) is 9.18 Å². The van der Waals surface area contributed by atoms with Crippen LogP contribution in [0, 0.1) is 5.82 Å². The van der Waals surface area contributed by atoms with E-state index in [0.717, 1.165) is 39.1 Å². The van der Waals surface area contributed by atoms with Gasteiger partial charge in [-0.3, -0.25) is 4.90 Å². The molecule has 2 aromatic carbocycles. The van der Waals surface area contributed by atoms with Gasteiger partial charge >= 0.3 is 6.03 Å². The monoisotopic (exact) mass is 390 g/mol. The number of carbonyl (C=O) groups excluding carboxylic acids is 1. The molecule has 2 amide bonds. The lowest BCUT2D eigenvalue weighted by Crippen LogP contribution is -2.47. The van der Waals surface area contributed by atoms with Gasteiger partial charge in [-0.05, 0) is 37.2 Å². The normalized spacial score (nSPS) is 14.8. The van der Waals surface area contributed by atoms with Crippen molar-refractivity contribution in [3.8, 4) is 0 Å². The number of rotatable bonds is 6. The van der Waals surface area contributed by atoms with Gasteiger partial charge < -0.3 is 15.5 Å². The molecule has 1 fully saturated rings. The summed E-state index contributed by atoms with van der Waals surface area (Å²) in [4.78, 5) is 16.3. The summed E-state index contributed by atoms with van der Waals surface area (Å²) in [7, 11) is 0. The number of nitrogens with one attached hydrogen (secondary N) is 2. The Bertz CT molecular complexity index is 765. The van der Waals surface area contributed by atoms with E-state index >= 15 is 0 Å². The highest BCUT2D eigenvalue weighted by Gasteiger charge is 2.18. The number of hydrogen-bond donors (Lipinski definition) is 2. The second-order valence-electron chi connectivity index (χ2n) is 6.49. The number of hydrogen-bond acceptors (Lipinski definition) is 3. The summed E-state index contributed by atoms with van der Waals surface area (Å²) in [5.74, 6) is -0.167. The van der Waals surface area contributed by atoms with Crippen LogP contribution in [0.25, 0.3) is 0 Å². The Balaban J connectivity index is 1.33. The molecule has 0 bridgehead atoms. The predicted molar refractivity (Wildman–Crippen MR) is 108 cm³/mol. The highest BCUT2D eigenvalue weighted by atomic mass is 35.5. The lowest BCUT2D eigenvalue weighted by molar-refractivity contribution is 0.244. The van der Waals surface area contributed by atoms with Crippen LogP contribution in [0.4, 0.5) is 20.6 Å². The topological polar surface area (TPSA) is 47.6 Å². The summed E-state index contributed by atoms with van der Waals surface area (Å²) in [6.45, 7) is 4.88. The lowest BCUT2D eigenvalue weighted by Gasteiger charge is -2.36. The summed E-state index contributed by atoms with van der Waals surface area (Å²) in [5.41, 5.74) is 1.27. The first kappa shape index (κ1) is 19.5. The van der Waals surface area contributed by atoms with Gasteiger partial charge in [0.1, 0.15) is 5.82 Å². The summed E-state index contributed by atoms with van der Waals surface area (Å²) < 4.78 is 13.9. The van der Waals surface area contributed by atoms with Crippen LogP contribution in [0.2, 0.25) is 5.02 Å². The molecule has 2 N–H and O–H groups in total. The molecule has 2 aromatic rings. The van der Waals surface area contributed by atoms with Crippen molar-refractivity contribution in [1.82, 2.24) is 10.2 Å². The van der Waals surface area contributed by atoms with E-state index in [4.69, 9.17) is 11.6 Å². The number of benzene rings is 2. The van der Waals surface area contributed by atoms with Gasteiger partial charge in [0.2, 0.25) is 0 Å². The van der Waals surface area contributed by atoms with Crippen molar-refractivity contribution < 1.29 is 9.18 Å². The molecule has 1 saturated heterocycles. The minimum atomic E-state index is -0.257. The lowest BCUT2D eigenvalue weighted by atomic mass is 10.2. The fourth-order valence-electron chi connectivity index (χ4n) is 3.15. The third kappa shape index (κ3) is 5.58. The van der Waals surface area contributed by atoms with Crippen molar-refractivity contribution in [1.29, 1.82) is 0 Å². The van der Waals surface area contributed by atoms with Crippen molar-refractivity contribution in [3.63, 3.8) is 0 Å². The number of anilines is 2. The molecule has 0 aliphatic carbocycles. The Labute approximate surface area is 164 Å². The van der Waals surface area contributed by atoms with Crippen molar-refractivity contribution in [3.05, 3.63) is 59.4 Å². The average molecular weight is 391 g/mol. The van der Waals surface area contributed by atoms with E-state index in [2.05, 4.69) is 20.4 Å². The van der Waals surface area contributed by atoms with Crippen molar-refractivity contribution in [2.75, 3.05) is 49.5 Å². The average Bonchev–Trinajstić information content (AvgIpc) is 2.68. The first-order chi connectivity index (χ1) is 13.1. The molecule has 7 heteroatoms. The number of nitrogens with zero attached hydrogens (tertiary/aromatic N) is 2. The summed E-state index contributed by atoms with van der Waals surface area (Å²) >= 11 is 6.02. The van der Waals surface area contributed by atoms with Crippen LogP contribution in [0.3, 0.4) is 0 Å². The van der Waals surface area contributed by atoms with E-state index in [1.54, 1.807) is 18.2 Å². The van der Waals surface area contributed by atoms with Crippen LogP contribution in [0.1, 0.15) is 6.42 Å². The van der Waals surface area contributed by atoms with Crippen molar-refractivity contribution in [2.45, 2.75) is 6.42 Å². The Morgan fingerprint density at radius 1 is 1.04 bits per heavy atom. The molecular formula is C20H24ClFN4O. The maximum atomic E-state index is 13.9. The molecule has 0 atom stereocenters. The quantitative estimate of drug-likeness (QED) is 0.737. The summed E-state index contributed by atoms with van der Waals surface area (Å²) in [6, 6.07) is 13.8. The maximum absolute atomic E-state index is 13.9. The van der Waals surface area contributed by atoms with Crippen LogP contribution in [0.15, 0.2) is 48.5 Å². The van der Waals surface area contributed by atoms with Crippen molar-refractivity contribution >= 4 is 29.0 Å². The number of carbonyl (C=O) groups is 1. The van der Waals surface area contributed by atoms with E-state index < -0.39 is 0 Å². The number of para-hydroxylation sites is 2. The molecular weight excluding hydrogens is 367 g/mol. The Morgan fingerprint density at radius 2 is 1.74 bits per heavy atom. The van der Waals surface area contributed by atoms with Crippen LogP contribution in [-0.4, -0.2) is 50.2 Å². The van der Waals surface area contributed by atoms with Gasteiger partial charge in [-0.1, -0.05) is 35.9 Å². The molecule has 0 aromatic heterocycles. The SMILES string of the molecule is O=C(NCCCN1CCN(c2ccccc2F)CC1)Nc1ccccc1Cl. The molecule has 5 nitrogen and oxygen atoms in total. The Morgan fingerprint density at radius 3 is 2.48 bits per heavy atom. The summed E-state index contributed by atoms with van der Waals surface area (Å²) in [5, 5.41) is 6.10. The van der Waals surface area contributed by atoms with Gasteiger partial charge in [-0.25, -0.2) is 9.18 Å². The molecule has 1 aliphatic rings. The number of amides is 2. The number of urea groups is 1. The molecule has 1 heterocycles. The maximum Gasteiger partial charge on any atom is 0.319 e. The smallest absolute Gasteiger partial charge is 0.319 e. The molecule has 0 spiro atoms. The predicted octanol–water partition coefficient (Wildman–Crippen LogP) is 3.81. The van der Waals surface area contributed by atoms with Gasteiger partial charge in [0.05, 0.1) is 16.4 Å². The number of piperazine rings is 1. The minimum Gasteiger partial charge on any atom is -0.367 e. The fourth-order valence-corrected chi connectivity index (χ4v) is 3.34. The van der Waals surface area contributed by atoms with Gasteiger partial charge in [0.25, 0.3) is 0 Å². The minimum absolute atomic E-state index is 0.167. The Kier molecular flexibility index (Phi) is 6.90. The molecule has 0 radical (unpaired) electrons. The zero-order valence-corrected chi connectivity index (χ0v) is 15.9. The molecule has 27 heavy (non-hydrogen) atoms. The standard InChI is InChI=1S/C20H24ClFN4O/c21-16-6-1-3-8-18(16)24-20(27)23-10-5-11-25-12-14-26(15-13-25)19-9-4-2-7-17(19)22/h1-4,6-9H,5,10-15H2,(H2,23,24,27). The summed E-state index contributed by atoms with van der Waals surface area (Å²) in [6.07, 6.45) is 0.857. The molecule has 3 rings (SSSR count). The van der Waals surface area contributed by atoms with Crippen LogP contribution >= 0.6 is 11.6 Å². The first-order valence-electron chi connectivity index (χ1n) is 9.15. The van der Waals surface area contributed by atoms with E-state index in [0.29, 0.717) is 22.9 Å². The zero-order valence-electron chi connectivity index (χ0n) is 15.1. The highest BCUT2D eigenvalue weighted by molar-refractivity contribution is 6.33. The molecule has 0 unspecified atom stereocenters.